The van der Waals surface area contributed by atoms with Gasteiger partial charge in [0.25, 0.3) is 10.0 Å². The van der Waals surface area contributed by atoms with Gasteiger partial charge < -0.3 is 19.6 Å². The molecule has 0 saturated carbocycles. The largest absolute Gasteiger partial charge is 0.447 e. The van der Waals surface area contributed by atoms with E-state index >= 15 is 0 Å². The summed E-state index contributed by atoms with van der Waals surface area (Å²) in [5.41, 5.74) is 0. The molecule has 1 aromatic rings. The van der Waals surface area contributed by atoms with Crippen LogP contribution in [0.1, 0.15) is 5.76 Å². The van der Waals surface area contributed by atoms with Crippen LogP contribution < -0.4 is 5.32 Å². The van der Waals surface area contributed by atoms with Gasteiger partial charge in [-0.2, -0.15) is 0 Å². The maximum atomic E-state index is 11.8. The van der Waals surface area contributed by atoms with Crippen molar-refractivity contribution in [2.45, 2.75) is 17.7 Å². The quantitative estimate of drug-likeness (QED) is 0.679. The maximum absolute atomic E-state index is 11.8. The summed E-state index contributed by atoms with van der Waals surface area (Å²) in [7, 11) is 0.854. The van der Waals surface area contributed by atoms with E-state index in [-0.39, 0.29) is 11.7 Å². The minimum absolute atomic E-state index is 0.0910. The highest BCUT2D eigenvalue weighted by Crippen LogP contribution is 2.16. The van der Waals surface area contributed by atoms with Crippen molar-refractivity contribution in [2.24, 2.45) is 0 Å². The van der Waals surface area contributed by atoms with Gasteiger partial charge in [-0.3, -0.25) is 0 Å². The molecule has 0 aromatic carbocycles. The third-order valence-corrected chi connectivity index (χ3v) is 4.10. The number of sulfonamides is 1. The van der Waals surface area contributed by atoms with Crippen molar-refractivity contribution in [1.29, 1.82) is 0 Å². The number of hydrogen-bond acceptors (Lipinski definition) is 6. The molecular formula is C11H20N2O5S. The number of nitrogens with zero attached hydrogens (tertiary/aromatic N) is 1. The van der Waals surface area contributed by atoms with Crippen molar-refractivity contribution in [3.63, 3.8) is 0 Å². The maximum Gasteiger partial charge on any atom is 0.275 e. The molecule has 7 nitrogen and oxygen atoms in total. The standard InChI is InChI=1S/C11H20N2O5S/c1-13(2)19(15,16)11-5-4-10(18-11)7-12-6-9(14)8-17-3/h4-5,9,12,14H,6-8H2,1-3H3. The van der Waals surface area contributed by atoms with Crippen LogP contribution in [0.25, 0.3) is 0 Å². The Hall–Kier alpha value is -0.930. The molecule has 8 heteroatoms. The number of aliphatic hydroxyl groups excluding tert-OH is 1. The van der Waals surface area contributed by atoms with Crippen molar-refractivity contribution in [1.82, 2.24) is 9.62 Å². The first-order valence-corrected chi connectivity index (χ1v) is 7.21. The van der Waals surface area contributed by atoms with E-state index < -0.39 is 16.1 Å². The lowest BCUT2D eigenvalue weighted by molar-refractivity contribution is 0.0641. The number of nitrogens with one attached hydrogen (secondary N) is 1. The highest BCUT2D eigenvalue weighted by Gasteiger charge is 2.21. The molecule has 2 N–H and O–H groups in total. The minimum Gasteiger partial charge on any atom is -0.447 e. The van der Waals surface area contributed by atoms with E-state index in [0.29, 0.717) is 18.8 Å². The smallest absolute Gasteiger partial charge is 0.275 e. The molecule has 0 aliphatic rings. The lowest BCUT2D eigenvalue weighted by Gasteiger charge is -2.10. The summed E-state index contributed by atoms with van der Waals surface area (Å²) in [5.74, 6) is 0.491. The molecule has 19 heavy (non-hydrogen) atoms. The van der Waals surface area contributed by atoms with E-state index in [4.69, 9.17) is 9.15 Å². The molecule has 0 aliphatic heterocycles. The van der Waals surface area contributed by atoms with E-state index in [1.807, 2.05) is 0 Å². The van der Waals surface area contributed by atoms with E-state index in [2.05, 4.69) is 5.32 Å². The van der Waals surface area contributed by atoms with Crippen molar-refractivity contribution in [3.8, 4) is 0 Å². The lowest BCUT2D eigenvalue weighted by Crippen LogP contribution is -2.29. The second-order valence-corrected chi connectivity index (χ2v) is 6.33. The van der Waals surface area contributed by atoms with Crippen LogP contribution in [0.5, 0.6) is 0 Å². The van der Waals surface area contributed by atoms with Crippen LogP contribution >= 0.6 is 0 Å². The average Bonchev–Trinajstić information content (AvgIpc) is 2.78. The van der Waals surface area contributed by atoms with Gasteiger partial charge in [0, 0.05) is 27.7 Å². The molecule has 1 rings (SSSR count). The van der Waals surface area contributed by atoms with Crippen LogP contribution in [0, 0.1) is 0 Å². The number of hydrogen-bond donors (Lipinski definition) is 2. The van der Waals surface area contributed by atoms with Gasteiger partial charge in [0.05, 0.1) is 19.3 Å². The summed E-state index contributed by atoms with van der Waals surface area (Å²) in [6.45, 7) is 0.916. The molecule has 0 fully saturated rings. The third kappa shape index (κ3) is 4.59. The first-order chi connectivity index (χ1) is 8.87. The van der Waals surface area contributed by atoms with E-state index in [1.54, 1.807) is 6.07 Å². The molecule has 1 atom stereocenters. The monoisotopic (exact) mass is 292 g/mol. The number of aliphatic hydroxyl groups is 1. The van der Waals surface area contributed by atoms with Crippen LogP contribution in [0.4, 0.5) is 0 Å². The Kier molecular flexibility index (Phi) is 5.95. The first kappa shape index (κ1) is 16.1. The Bertz CT molecular complexity index is 483. The van der Waals surface area contributed by atoms with Crippen LogP contribution in [-0.2, 0) is 21.3 Å². The summed E-state index contributed by atoms with van der Waals surface area (Å²) < 4.78 is 34.7. The fraction of sp³-hybridized carbons (Fsp3) is 0.636. The Morgan fingerprint density at radius 1 is 1.47 bits per heavy atom. The van der Waals surface area contributed by atoms with Crippen LogP contribution in [0.2, 0.25) is 0 Å². The van der Waals surface area contributed by atoms with Crippen LogP contribution in [-0.4, -0.2) is 58.3 Å². The van der Waals surface area contributed by atoms with Crippen LogP contribution in [0.15, 0.2) is 21.6 Å². The summed E-state index contributed by atoms with van der Waals surface area (Å²) in [6.07, 6.45) is -0.607. The molecule has 0 radical (unpaired) electrons. The number of rotatable bonds is 8. The van der Waals surface area contributed by atoms with Gasteiger partial charge in [-0.05, 0) is 12.1 Å². The van der Waals surface area contributed by atoms with Crippen molar-refractivity contribution < 1.29 is 22.7 Å². The van der Waals surface area contributed by atoms with Gasteiger partial charge in [-0.15, -0.1) is 0 Å². The summed E-state index contributed by atoms with van der Waals surface area (Å²) in [5, 5.41) is 12.3. The summed E-state index contributed by atoms with van der Waals surface area (Å²) >= 11 is 0. The van der Waals surface area contributed by atoms with Crippen molar-refractivity contribution in [3.05, 3.63) is 17.9 Å². The molecule has 0 saturated heterocycles. The molecule has 110 valence electrons. The van der Waals surface area contributed by atoms with Crippen molar-refractivity contribution in [2.75, 3.05) is 34.4 Å². The molecule has 1 heterocycles. The zero-order valence-corrected chi connectivity index (χ0v) is 12.1. The number of furan rings is 1. The fourth-order valence-corrected chi connectivity index (χ4v) is 2.20. The van der Waals surface area contributed by atoms with E-state index in [0.717, 1.165) is 4.31 Å². The zero-order chi connectivity index (χ0) is 14.5. The van der Waals surface area contributed by atoms with Gasteiger partial charge >= 0.3 is 0 Å². The minimum atomic E-state index is -3.54. The van der Waals surface area contributed by atoms with Gasteiger partial charge in [0.1, 0.15) is 5.76 Å². The molecule has 1 unspecified atom stereocenters. The van der Waals surface area contributed by atoms with Gasteiger partial charge in [-0.25, -0.2) is 12.7 Å². The second-order valence-electron chi connectivity index (χ2n) is 4.25. The molecular weight excluding hydrogens is 272 g/mol. The van der Waals surface area contributed by atoms with E-state index in [9.17, 15) is 13.5 Å². The Balaban J connectivity index is 2.52. The predicted molar refractivity (Wildman–Crippen MR) is 69.2 cm³/mol. The Morgan fingerprint density at radius 3 is 2.74 bits per heavy atom. The van der Waals surface area contributed by atoms with Crippen LogP contribution in [0.3, 0.4) is 0 Å². The van der Waals surface area contributed by atoms with Gasteiger partial charge in [0.15, 0.2) is 0 Å². The van der Waals surface area contributed by atoms with Crippen molar-refractivity contribution >= 4 is 10.0 Å². The predicted octanol–water partition coefficient (Wildman–Crippen LogP) is -0.373. The fourth-order valence-electron chi connectivity index (χ4n) is 1.39. The molecule has 0 spiro atoms. The van der Waals surface area contributed by atoms with Gasteiger partial charge in [-0.1, -0.05) is 0 Å². The number of ether oxygens (including phenoxy) is 1. The topological polar surface area (TPSA) is 92.0 Å². The Morgan fingerprint density at radius 2 is 2.16 bits per heavy atom. The second kappa shape index (κ2) is 7.01. The SMILES string of the molecule is COCC(O)CNCc1ccc(S(=O)(=O)N(C)C)o1. The molecule has 1 aromatic heterocycles. The van der Waals surface area contributed by atoms with Gasteiger partial charge in [0.2, 0.25) is 5.09 Å². The first-order valence-electron chi connectivity index (χ1n) is 5.77. The summed E-state index contributed by atoms with van der Waals surface area (Å²) in [6, 6.07) is 3.00. The third-order valence-electron chi connectivity index (χ3n) is 2.41. The van der Waals surface area contributed by atoms with E-state index in [1.165, 1.54) is 27.3 Å². The summed E-state index contributed by atoms with van der Waals surface area (Å²) in [4.78, 5) is 0. The average molecular weight is 292 g/mol. The highest BCUT2D eigenvalue weighted by atomic mass is 32.2. The zero-order valence-electron chi connectivity index (χ0n) is 11.3. The molecule has 0 amide bonds. The Labute approximate surface area is 113 Å². The number of methoxy groups -OCH3 is 1. The molecule has 0 aliphatic carbocycles. The lowest BCUT2D eigenvalue weighted by atomic mass is 10.3. The highest BCUT2D eigenvalue weighted by molar-refractivity contribution is 7.88. The normalized spacial score (nSPS) is 13.9. The molecule has 0 bridgehead atoms.